The smallest absolute Gasteiger partial charge is 0.121 e. The van der Waals surface area contributed by atoms with Crippen molar-refractivity contribution >= 4 is 27.6 Å². The second-order valence-electron chi connectivity index (χ2n) is 2.89. The Labute approximate surface area is 86.9 Å². The minimum Gasteiger partial charge on any atom is -0.497 e. The third-order valence-corrected chi connectivity index (χ3v) is 2.92. The van der Waals surface area contributed by atoms with Crippen molar-refractivity contribution in [1.82, 2.24) is 4.98 Å². The van der Waals surface area contributed by atoms with Crippen LogP contribution in [0.15, 0.2) is 24.3 Å². The number of ether oxygens (including phenoxy) is 1. The van der Waals surface area contributed by atoms with Crippen LogP contribution in [0.2, 0.25) is 0 Å². The van der Waals surface area contributed by atoms with Crippen LogP contribution in [0, 0.1) is 0 Å². The molecule has 0 aliphatic rings. The normalized spacial score (nSPS) is 11.3. The Hall–Kier alpha value is -1.35. The summed E-state index contributed by atoms with van der Waals surface area (Å²) in [4.78, 5) is 4.46. The zero-order valence-electron chi connectivity index (χ0n) is 8.15. The summed E-state index contributed by atoms with van der Waals surface area (Å²) in [6, 6.07) is 5.96. The summed E-state index contributed by atoms with van der Waals surface area (Å²) in [5.74, 6) is 0.856. The molecule has 1 aromatic heterocycles. The van der Waals surface area contributed by atoms with E-state index < -0.39 is 0 Å². The van der Waals surface area contributed by atoms with E-state index in [0.717, 1.165) is 16.3 Å². The van der Waals surface area contributed by atoms with Gasteiger partial charge in [-0.05, 0) is 25.1 Å². The van der Waals surface area contributed by atoms with E-state index in [1.54, 1.807) is 18.4 Å². The Morgan fingerprint density at radius 2 is 2.29 bits per heavy atom. The van der Waals surface area contributed by atoms with Gasteiger partial charge in [0.25, 0.3) is 0 Å². The van der Waals surface area contributed by atoms with E-state index in [9.17, 15) is 0 Å². The van der Waals surface area contributed by atoms with Gasteiger partial charge >= 0.3 is 0 Å². The maximum Gasteiger partial charge on any atom is 0.121 e. The highest BCUT2D eigenvalue weighted by Crippen LogP contribution is 2.26. The lowest BCUT2D eigenvalue weighted by Gasteiger charge is -1.96. The Morgan fingerprint density at radius 3 is 3.00 bits per heavy atom. The highest BCUT2D eigenvalue weighted by Gasteiger charge is 2.01. The molecule has 0 N–H and O–H groups in total. The molecular weight excluding hydrogens is 194 g/mol. The first-order chi connectivity index (χ1) is 6.83. The first-order valence-corrected chi connectivity index (χ1v) is 5.22. The number of fused-ring (bicyclic) bond motifs is 1. The van der Waals surface area contributed by atoms with Crippen molar-refractivity contribution < 1.29 is 4.74 Å². The molecule has 2 rings (SSSR count). The molecular formula is C11H11NOS. The first-order valence-electron chi connectivity index (χ1n) is 4.41. The maximum absolute atomic E-state index is 5.14. The van der Waals surface area contributed by atoms with Gasteiger partial charge in [-0.3, -0.25) is 0 Å². The second kappa shape index (κ2) is 3.80. The zero-order chi connectivity index (χ0) is 9.97. The van der Waals surface area contributed by atoms with Gasteiger partial charge in [0.05, 0.1) is 17.3 Å². The summed E-state index contributed by atoms with van der Waals surface area (Å²) in [6.07, 6.45) is 4.01. The quantitative estimate of drug-likeness (QED) is 0.750. The molecule has 14 heavy (non-hydrogen) atoms. The minimum atomic E-state index is 0.856. The number of hydrogen-bond donors (Lipinski definition) is 0. The maximum atomic E-state index is 5.14. The molecule has 72 valence electrons. The van der Waals surface area contributed by atoms with Gasteiger partial charge in [-0.1, -0.05) is 6.08 Å². The number of aromatic nitrogens is 1. The Kier molecular flexibility index (Phi) is 2.50. The number of methoxy groups -OCH3 is 1. The summed E-state index contributed by atoms with van der Waals surface area (Å²) in [7, 11) is 1.67. The molecule has 1 heterocycles. The highest BCUT2D eigenvalue weighted by molar-refractivity contribution is 7.19. The Balaban J connectivity index is 2.54. The van der Waals surface area contributed by atoms with Crippen LogP contribution in [-0.4, -0.2) is 12.1 Å². The molecule has 0 amide bonds. The third kappa shape index (κ3) is 1.63. The van der Waals surface area contributed by atoms with Crippen molar-refractivity contribution in [2.45, 2.75) is 6.92 Å². The first kappa shape index (κ1) is 9.21. The van der Waals surface area contributed by atoms with Crippen LogP contribution in [0.3, 0.4) is 0 Å². The Bertz CT molecular complexity index is 473. The van der Waals surface area contributed by atoms with Gasteiger partial charge in [-0.25, -0.2) is 4.98 Å². The van der Waals surface area contributed by atoms with Crippen molar-refractivity contribution in [3.05, 3.63) is 29.3 Å². The van der Waals surface area contributed by atoms with E-state index in [-0.39, 0.29) is 0 Å². The number of hydrogen-bond acceptors (Lipinski definition) is 3. The Morgan fingerprint density at radius 1 is 1.43 bits per heavy atom. The monoisotopic (exact) mass is 205 g/mol. The number of thiazole rings is 1. The van der Waals surface area contributed by atoms with Gasteiger partial charge in [0.15, 0.2) is 0 Å². The van der Waals surface area contributed by atoms with Crippen molar-refractivity contribution in [3.63, 3.8) is 0 Å². The second-order valence-corrected chi connectivity index (χ2v) is 3.95. The summed E-state index contributed by atoms with van der Waals surface area (Å²) < 4.78 is 6.33. The van der Waals surface area contributed by atoms with E-state index >= 15 is 0 Å². The van der Waals surface area contributed by atoms with E-state index in [4.69, 9.17) is 4.74 Å². The van der Waals surface area contributed by atoms with Crippen molar-refractivity contribution in [2.75, 3.05) is 7.11 Å². The molecule has 0 bridgehead atoms. The molecule has 2 aromatic rings. The molecule has 1 aromatic carbocycles. The molecule has 0 atom stereocenters. The van der Waals surface area contributed by atoms with Crippen LogP contribution in [0.1, 0.15) is 11.9 Å². The average Bonchev–Trinajstić information content (AvgIpc) is 2.59. The van der Waals surface area contributed by atoms with Crippen LogP contribution in [0.5, 0.6) is 5.75 Å². The van der Waals surface area contributed by atoms with E-state index in [0.29, 0.717) is 0 Å². The fourth-order valence-electron chi connectivity index (χ4n) is 1.27. The molecule has 0 saturated carbocycles. The predicted octanol–water partition coefficient (Wildman–Crippen LogP) is 3.34. The largest absolute Gasteiger partial charge is 0.497 e. The van der Waals surface area contributed by atoms with Gasteiger partial charge < -0.3 is 4.74 Å². The minimum absolute atomic E-state index is 0.856. The van der Waals surface area contributed by atoms with Crippen LogP contribution >= 0.6 is 11.3 Å². The van der Waals surface area contributed by atoms with Crippen LogP contribution in [-0.2, 0) is 0 Å². The van der Waals surface area contributed by atoms with Gasteiger partial charge in [-0.2, -0.15) is 0 Å². The van der Waals surface area contributed by atoms with Gasteiger partial charge in [0.2, 0.25) is 0 Å². The van der Waals surface area contributed by atoms with Gasteiger partial charge in [0, 0.05) is 6.07 Å². The number of allylic oxidation sites excluding steroid dienone is 1. The van der Waals surface area contributed by atoms with Crippen LogP contribution < -0.4 is 4.74 Å². The molecule has 0 aliphatic heterocycles. The lowest BCUT2D eigenvalue weighted by atomic mass is 10.3. The fraction of sp³-hybridized carbons (Fsp3) is 0.182. The predicted molar refractivity (Wildman–Crippen MR) is 60.9 cm³/mol. The van der Waals surface area contributed by atoms with Crippen molar-refractivity contribution in [1.29, 1.82) is 0 Å². The molecule has 0 fully saturated rings. The SMILES string of the molecule is C/C=C/c1nc2cc(OC)ccc2s1. The molecule has 0 unspecified atom stereocenters. The van der Waals surface area contributed by atoms with Crippen LogP contribution in [0.25, 0.3) is 16.3 Å². The average molecular weight is 205 g/mol. The topological polar surface area (TPSA) is 22.1 Å². The third-order valence-electron chi connectivity index (χ3n) is 1.92. The summed E-state index contributed by atoms with van der Waals surface area (Å²) in [5.41, 5.74) is 1.00. The highest BCUT2D eigenvalue weighted by atomic mass is 32.1. The summed E-state index contributed by atoms with van der Waals surface area (Å²) in [6.45, 7) is 1.99. The molecule has 0 aliphatic carbocycles. The van der Waals surface area contributed by atoms with Crippen molar-refractivity contribution in [2.24, 2.45) is 0 Å². The van der Waals surface area contributed by atoms with Crippen LogP contribution in [0.4, 0.5) is 0 Å². The van der Waals surface area contributed by atoms with Gasteiger partial charge in [0.1, 0.15) is 10.8 Å². The molecule has 2 nitrogen and oxygen atoms in total. The van der Waals surface area contributed by atoms with Gasteiger partial charge in [-0.15, -0.1) is 11.3 Å². The summed E-state index contributed by atoms with van der Waals surface area (Å²) >= 11 is 1.69. The number of nitrogens with zero attached hydrogens (tertiary/aromatic N) is 1. The fourth-order valence-corrected chi connectivity index (χ4v) is 2.18. The molecule has 0 saturated heterocycles. The van der Waals surface area contributed by atoms with E-state index in [1.165, 1.54) is 4.70 Å². The summed E-state index contributed by atoms with van der Waals surface area (Å²) in [5, 5.41) is 1.04. The number of benzene rings is 1. The molecule has 3 heteroatoms. The van der Waals surface area contributed by atoms with Crippen molar-refractivity contribution in [3.8, 4) is 5.75 Å². The lowest BCUT2D eigenvalue weighted by Crippen LogP contribution is -1.80. The zero-order valence-corrected chi connectivity index (χ0v) is 8.97. The standard InChI is InChI=1S/C11H11NOS/c1-3-4-11-12-9-7-8(13-2)5-6-10(9)14-11/h3-7H,1-2H3/b4-3+. The molecule has 0 spiro atoms. The van der Waals surface area contributed by atoms with E-state index in [2.05, 4.69) is 4.98 Å². The number of rotatable bonds is 2. The van der Waals surface area contributed by atoms with E-state index in [1.807, 2.05) is 37.3 Å². The molecule has 0 radical (unpaired) electrons. The lowest BCUT2D eigenvalue weighted by molar-refractivity contribution is 0.415.